The summed E-state index contributed by atoms with van der Waals surface area (Å²) in [6, 6.07) is 10.6. The van der Waals surface area contributed by atoms with E-state index in [0.717, 1.165) is 41.1 Å². The Labute approximate surface area is 178 Å². The zero-order valence-electron chi connectivity index (χ0n) is 14.5. The molecule has 1 saturated heterocycles. The van der Waals surface area contributed by atoms with Gasteiger partial charge in [-0.25, -0.2) is 18.5 Å². The number of anilines is 1. The number of rotatable bonds is 4. The van der Waals surface area contributed by atoms with Gasteiger partial charge in [0.1, 0.15) is 5.82 Å². The van der Waals surface area contributed by atoms with Crippen molar-refractivity contribution in [2.45, 2.75) is 11.4 Å². The molecule has 1 aliphatic heterocycles. The van der Waals surface area contributed by atoms with Gasteiger partial charge in [0.25, 0.3) is 0 Å². The van der Waals surface area contributed by atoms with Crippen LogP contribution < -0.4 is 15.4 Å². The van der Waals surface area contributed by atoms with E-state index in [1.165, 1.54) is 6.07 Å². The molecule has 2 heterocycles. The monoisotopic (exact) mass is 517 g/mol. The highest BCUT2D eigenvalue weighted by Crippen LogP contribution is 2.15. The molecule has 2 aromatic rings. The van der Waals surface area contributed by atoms with Crippen molar-refractivity contribution >= 4 is 55.8 Å². The van der Waals surface area contributed by atoms with Crippen molar-refractivity contribution in [3.63, 3.8) is 0 Å². The van der Waals surface area contributed by atoms with E-state index in [-0.39, 0.29) is 4.90 Å². The SMILES string of the molecule is NS(=O)(=O)c1cccc(CNC(=S)N2CCN(c3ccc(I)cn3)CC2)c1. The minimum Gasteiger partial charge on any atom is -0.358 e. The largest absolute Gasteiger partial charge is 0.358 e. The van der Waals surface area contributed by atoms with Crippen LogP contribution in [0.3, 0.4) is 0 Å². The molecule has 0 atom stereocenters. The summed E-state index contributed by atoms with van der Waals surface area (Å²) in [7, 11) is -3.70. The van der Waals surface area contributed by atoms with Gasteiger partial charge in [0.2, 0.25) is 10.0 Å². The predicted octanol–water partition coefficient (Wildman–Crippen LogP) is 1.53. The molecule has 1 fully saturated rings. The maximum atomic E-state index is 11.5. The Balaban J connectivity index is 1.52. The van der Waals surface area contributed by atoms with Crippen LogP contribution in [0, 0.1) is 3.57 Å². The van der Waals surface area contributed by atoms with Gasteiger partial charge in [-0.05, 0) is 64.6 Å². The van der Waals surface area contributed by atoms with E-state index in [0.29, 0.717) is 11.7 Å². The topological polar surface area (TPSA) is 91.6 Å². The molecule has 7 nitrogen and oxygen atoms in total. The number of thiocarbonyl (C=S) groups is 1. The molecule has 0 bridgehead atoms. The van der Waals surface area contributed by atoms with Gasteiger partial charge in [0, 0.05) is 42.5 Å². The van der Waals surface area contributed by atoms with Gasteiger partial charge in [-0.1, -0.05) is 12.1 Å². The number of pyridine rings is 1. The smallest absolute Gasteiger partial charge is 0.238 e. The van der Waals surface area contributed by atoms with Crippen LogP contribution in [-0.2, 0) is 16.6 Å². The van der Waals surface area contributed by atoms with Crippen LogP contribution in [-0.4, -0.2) is 49.6 Å². The quantitative estimate of drug-likeness (QED) is 0.470. The van der Waals surface area contributed by atoms with Crippen molar-refractivity contribution in [2.75, 3.05) is 31.1 Å². The molecular weight excluding hydrogens is 497 g/mol. The number of halogens is 1. The minimum atomic E-state index is -3.70. The van der Waals surface area contributed by atoms with Gasteiger partial charge >= 0.3 is 0 Å². The van der Waals surface area contributed by atoms with Crippen LogP contribution in [0.2, 0.25) is 0 Å². The second-order valence-corrected chi connectivity index (χ2v) is 9.35. The zero-order chi connectivity index (χ0) is 19.4. The molecule has 0 radical (unpaired) electrons. The molecule has 27 heavy (non-hydrogen) atoms. The summed E-state index contributed by atoms with van der Waals surface area (Å²) in [5.41, 5.74) is 0.811. The highest BCUT2D eigenvalue weighted by Gasteiger charge is 2.19. The summed E-state index contributed by atoms with van der Waals surface area (Å²) >= 11 is 7.73. The summed E-state index contributed by atoms with van der Waals surface area (Å²) in [5.74, 6) is 0.980. The summed E-state index contributed by atoms with van der Waals surface area (Å²) in [6.45, 7) is 3.74. The molecule has 1 aromatic heterocycles. The number of hydrogen-bond acceptors (Lipinski definition) is 5. The van der Waals surface area contributed by atoms with E-state index < -0.39 is 10.0 Å². The first-order chi connectivity index (χ1) is 12.8. The van der Waals surface area contributed by atoms with Gasteiger partial charge in [0.05, 0.1) is 4.90 Å². The van der Waals surface area contributed by atoms with Gasteiger partial charge in [-0.3, -0.25) is 0 Å². The number of hydrogen-bond donors (Lipinski definition) is 2. The Bertz CT molecular complexity index is 913. The van der Waals surface area contributed by atoms with E-state index in [1.54, 1.807) is 12.1 Å². The zero-order valence-corrected chi connectivity index (χ0v) is 18.3. The minimum absolute atomic E-state index is 0.103. The molecular formula is C17H20IN5O2S2. The highest BCUT2D eigenvalue weighted by molar-refractivity contribution is 14.1. The molecule has 1 aromatic carbocycles. The summed E-state index contributed by atoms with van der Waals surface area (Å²) in [6.07, 6.45) is 1.87. The first-order valence-electron chi connectivity index (χ1n) is 8.34. The fourth-order valence-electron chi connectivity index (χ4n) is 2.82. The van der Waals surface area contributed by atoms with Gasteiger partial charge in [-0.2, -0.15) is 0 Å². The number of piperazine rings is 1. The Kier molecular flexibility index (Phi) is 6.50. The summed E-state index contributed by atoms with van der Waals surface area (Å²) < 4.78 is 24.0. The maximum absolute atomic E-state index is 11.5. The van der Waals surface area contributed by atoms with Gasteiger partial charge in [0.15, 0.2) is 5.11 Å². The molecule has 144 valence electrons. The first kappa shape index (κ1) is 20.2. The Morgan fingerprint density at radius 1 is 1.22 bits per heavy atom. The van der Waals surface area contributed by atoms with Crippen LogP contribution in [0.5, 0.6) is 0 Å². The van der Waals surface area contributed by atoms with Crippen molar-refractivity contribution < 1.29 is 8.42 Å². The maximum Gasteiger partial charge on any atom is 0.238 e. The molecule has 3 N–H and O–H groups in total. The van der Waals surface area contributed by atoms with Crippen LogP contribution in [0.25, 0.3) is 0 Å². The highest BCUT2D eigenvalue weighted by atomic mass is 127. The number of nitrogens with two attached hydrogens (primary N) is 1. The number of sulfonamides is 1. The number of primary sulfonamides is 1. The van der Waals surface area contributed by atoms with Crippen LogP contribution in [0.1, 0.15) is 5.56 Å². The summed E-state index contributed by atoms with van der Waals surface area (Å²) in [4.78, 5) is 8.93. The molecule has 0 spiro atoms. The van der Waals surface area contributed by atoms with Gasteiger partial charge in [-0.15, -0.1) is 0 Å². The lowest BCUT2D eigenvalue weighted by atomic mass is 10.2. The van der Waals surface area contributed by atoms with Crippen LogP contribution in [0.4, 0.5) is 5.82 Å². The second kappa shape index (κ2) is 8.67. The number of benzene rings is 1. The van der Waals surface area contributed by atoms with Crippen molar-refractivity contribution in [2.24, 2.45) is 5.14 Å². The molecule has 0 saturated carbocycles. The number of aromatic nitrogens is 1. The Morgan fingerprint density at radius 3 is 2.59 bits per heavy atom. The third-order valence-corrected chi connectivity index (χ3v) is 6.23. The lowest BCUT2D eigenvalue weighted by molar-refractivity contribution is 0.379. The van der Waals surface area contributed by atoms with Crippen molar-refractivity contribution in [3.8, 4) is 0 Å². The predicted molar refractivity (Wildman–Crippen MR) is 118 cm³/mol. The third kappa shape index (κ3) is 5.50. The first-order valence-corrected chi connectivity index (χ1v) is 11.4. The van der Waals surface area contributed by atoms with Crippen LogP contribution >= 0.6 is 34.8 Å². The summed E-state index contributed by atoms with van der Waals surface area (Å²) in [5, 5.41) is 9.03. The van der Waals surface area contributed by atoms with E-state index >= 15 is 0 Å². The number of nitrogens with zero attached hydrogens (tertiary/aromatic N) is 3. The lowest BCUT2D eigenvalue weighted by Crippen LogP contribution is -2.51. The average molecular weight is 517 g/mol. The van der Waals surface area contributed by atoms with E-state index in [1.807, 2.05) is 18.3 Å². The molecule has 0 aliphatic carbocycles. The van der Waals surface area contributed by atoms with Crippen molar-refractivity contribution in [3.05, 3.63) is 51.7 Å². The van der Waals surface area contributed by atoms with E-state index in [4.69, 9.17) is 17.4 Å². The standard InChI is InChI=1S/C17H20IN5O2S2/c18-14-4-5-16(20-12-14)22-6-8-23(9-7-22)17(26)21-11-13-2-1-3-15(10-13)27(19,24)25/h1-5,10,12H,6-9,11H2,(H,21,26)(H2,19,24,25). The molecule has 0 unspecified atom stereocenters. The number of nitrogens with one attached hydrogen (secondary N) is 1. The molecule has 10 heteroatoms. The fraction of sp³-hybridized carbons (Fsp3) is 0.294. The fourth-order valence-corrected chi connectivity index (χ4v) is 3.97. The lowest BCUT2D eigenvalue weighted by Gasteiger charge is -2.36. The molecule has 1 aliphatic rings. The molecule has 3 rings (SSSR count). The van der Waals surface area contributed by atoms with Gasteiger partial charge < -0.3 is 15.1 Å². The van der Waals surface area contributed by atoms with E-state index in [2.05, 4.69) is 48.8 Å². The normalized spacial score (nSPS) is 14.9. The Hall–Kier alpha value is -1.50. The average Bonchev–Trinajstić information content (AvgIpc) is 2.66. The van der Waals surface area contributed by atoms with E-state index in [9.17, 15) is 8.42 Å². The Morgan fingerprint density at radius 2 is 1.96 bits per heavy atom. The van der Waals surface area contributed by atoms with Crippen molar-refractivity contribution in [1.82, 2.24) is 15.2 Å². The van der Waals surface area contributed by atoms with Crippen LogP contribution in [0.15, 0.2) is 47.5 Å². The third-order valence-electron chi connectivity index (χ3n) is 4.27. The molecule has 0 amide bonds. The second-order valence-electron chi connectivity index (χ2n) is 6.16. The van der Waals surface area contributed by atoms with Crippen molar-refractivity contribution in [1.29, 1.82) is 0 Å².